The molecule has 1 saturated carbocycles. The molecule has 1 fully saturated rings. The monoisotopic (exact) mass is 453 g/mol. The van der Waals surface area contributed by atoms with E-state index in [9.17, 15) is 15.0 Å². The van der Waals surface area contributed by atoms with E-state index < -0.39 is 12.2 Å². The lowest BCUT2D eigenvalue weighted by Gasteiger charge is -2.23. The van der Waals surface area contributed by atoms with Gasteiger partial charge >= 0.3 is 6.03 Å². The standard InChI is InChI=1S/C23H31N7O3/c1-29(11-5-10-25-23(33)28-16-6-3-2-4-7-16)13-15-12-17(21(32)20(15)31)18-8-9-19-22(24)26-14-27-30(18)19/h2-4,6-9,14-15,17,20-21,31-32H,5,10-13H2,1H3,(H2,24,26,27)(H2,25,28,33)/t15-,17+,20-,21+/m1/s1. The van der Waals surface area contributed by atoms with E-state index in [0.29, 0.717) is 30.8 Å². The maximum absolute atomic E-state index is 12.0. The number of anilines is 2. The molecular weight excluding hydrogens is 422 g/mol. The number of amides is 2. The van der Waals surface area contributed by atoms with Crippen molar-refractivity contribution >= 4 is 23.1 Å². The number of aliphatic hydroxyl groups is 2. The van der Waals surface area contributed by atoms with Gasteiger partial charge in [0.15, 0.2) is 5.82 Å². The fourth-order valence-electron chi connectivity index (χ4n) is 4.59. The molecule has 0 spiro atoms. The Morgan fingerprint density at radius 2 is 2.00 bits per heavy atom. The van der Waals surface area contributed by atoms with Crippen LogP contribution >= 0.6 is 0 Å². The Morgan fingerprint density at radius 3 is 2.79 bits per heavy atom. The number of benzene rings is 1. The van der Waals surface area contributed by atoms with Crippen molar-refractivity contribution < 1.29 is 15.0 Å². The number of fused-ring (bicyclic) bond motifs is 1. The Bertz CT molecular complexity index is 1070. The van der Waals surface area contributed by atoms with Crippen LogP contribution in [0.15, 0.2) is 48.8 Å². The number of nitrogens with one attached hydrogen (secondary N) is 2. The zero-order chi connectivity index (χ0) is 23.4. The lowest BCUT2D eigenvalue weighted by Crippen LogP contribution is -2.36. The first-order valence-electron chi connectivity index (χ1n) is 11.2. The zero-order valence-electron chi connectivity index (χ0n) is 18.6. The van der Waals surface area contributed by atoms with Crippen molar-refractivity contribution in [3.8, 4) is 0 Å². The largest absolute Gasteiger partial charge is 0.390 e. The molecule has 4 atom stereocenters. The highest BCUT2D eigenvalue weighted by atomic mass is 16.3. The summed E-state index contributed by atoms with van der Waals surface area (Å²) in [7, 11) is 1.98. The molecule has 0 bridgehead atoms. The Kier molecular flexibility index (Phi) is 7.07. The van der Waals surface area contributed by atoms with E-state index in [0.717, 1.165) is 24.3 Å². The highest BCUT2D eigenvalue weighted by Crippen LogP contribution is 2.39. The molecule has 4 rings (SSSR count). The molecule has 0 unspecified atom stereocenters. The van der Waals surface area contributed by atoms with E-state index in [1.54, 1.807) is 4.52 Å². The number of rotatable bonds is 8. The highest BCUT2D eigenvalue weighted by Gasteiger charge is 2.43. The number of aliphatic hydroxyl groups excluding tert-OH is 2. The van der Waals surface area contributed by atoms with Crippen molar-refractivity contribution in [3.63, 3.8) is 0 Å². The smallest absolute Gasteiger partial charge is 0.319 e. The van der Waals surface area contributed by atoms with Gasteiger partial charge in [-0.3, -0.25) is 0 Å². The molecule has 2 amide bonds. The van der Waals surface area contributed by atoms with Crippen LogP contribution in [0.25, 0.3) is 5.52 Å². The number of carbonyl (C=O) groups is 1. The predicted octanol–water partition coefficient (Wildman–Crippen LogP) is 1.28. The van der Waals surface area contributed by atoms with Gasteiger partial charge in [0.2, 0.25) is 0 Å². The average Bonchev–Trinajstić information content (AvgIpc) is 3.35. The van der Waals surface area contributed by atoms with Gasteiger partial charge in [-0.25, -0.2) is 14.3 Å². The van der Waals surface area contributed by atoms with Crippen molar-refractivity contribution in [2.45, 2.75) is 31.0 Å². The molecule has 10 heteroatoms. The SMILES string of the molecule is CN(CCCNC(=O)Nc1ccccc1)C[C@H]1C[C@@H](c2ccc3c(N)ncnn23)[C@H](O)[C@@H]1O. The van der Waals surface area contributed by atoms with Gasteiger partial charge in [0.05, 0.1) is 12.2 Å². The van der Waals surface area contributed by atoms with Crippen molar-refractivity contribution in [2.24, 2.45) is 5.92 Å². The van der Waals surface area contributed by atoms with E-state index >= 15 is 0 Å². The third-order valence-corrected chi connectivity index (χ3v) is 6.27. The molecule has 2 aromatic heterocycles. The van der Waals surface area contributed by atoms with Crippen LogP contribution in [0, 0.1) is 5.92 Å². The maximum atomic E-state index is 12.0. The van der Waals surface area contributed by atoms with Crippen LogP contribution in [0.1, 0.15) is 24.5 Å². The van der Waals surface area contributed by atoms with E-state index in [1.807, 2.05) is 49.5 Å². The molecule has 1 aliphatic carbocycles. The van der Waals surface area contributed by atoms with Crippen LogP contribution in [0.3, 0.4) is 0 Å². The highest BCUT2D eigenvalue weighted by molar-refractivity contribution is 5.89. The number of aromatic nitrogens is 3. The molecule has 3 aromatic rings. The number of nitrogens with zero attached hydrogens (tertiary/aromatic N) is 4. The van der Waals surface area contributed by atoms with Gasteiger partial charge in [0.1, 0.15) is 11.8 Å². The number of hydrogen-bond donors (Lipinski definition) is 5. The summed E-state index contributed by atoms with van der Waals surface area (Å²) in [5.74, 6) is 0.0687. The summed E-state index contributed by atoms with van der Waals surface area (Å²) in [6, 6.07) is 12.8. The van der Waals surface area contributed by atoms with Crippen molar-refractivity contribution in [2.75, 3.05) is 37.7 Å². The molecule has 0 aliphatic heterocycles. The first-order valence-corrected chi connectivity index (χ1v) is 11.2. The van der Waals surface area contributed by atoms with E-state index in [-0.39, 0.29) is 17.9 Å². The van der Waals surface area contributed by atoms with Crippen molar-refractivity contribution in [3.05, 3.63) is 54.5 Å². The first-order chi connectivity index (χ1) is 15.9. The summed E-state index contributed by atoms with van der Waals surface area (Å²) in [5.41, 5.74) is 8.18. The normalized spacial score (nSPS) is 22.7. The second kappa shape index (κ2) is 10.2. The van der Waals surface area contributed by atoms with Crippen molar-refractivity contribution in [1.29, 1.82) is 0 Å². The molecular formula is C23H31N7O3. The van der Waals surface area contributed by atoms with E-state index in [1.165, 1.54) is 6.33 Å². The number of nitrogen functional groups attached to an aromatic ring is 1. The minimum Gasteiger partial charge on any atom is -0.390 e. The third-order valence-electron chi connectivity index (χ3n) is 6.27. The van der Waals surface area contributed by atoms with Gasteiger partial charge in [-0.1, -0.05) is 18.2 Å². The molecule has 33 heavy (non-hydrogen) atoms. The van der Waals surface area contributed by atoms with Crippen molar-refractivity contribution in [1.82, 2.24) is 24.8 Å². The molecule has 1 aromatic carbocycles. The molecule has 1 aliphatic rings. The second-order valence-electron chi connectivity index (χ2n) is 8.65. The average molecular weight is 454 g/mol. The lowest BCUT2D eigenvalue weighted by atomic mass is 10.0. The topological polar surface area (TPSA) is 141 Å². The van der Waals surface area contributed by atoms with Gasteiger partial charge in [-0.05, 0) is 50.7 Å². The fraction of sp³-hybridized carbons (Fsp3) is 0.435. The number of carbonyl (C=O) groups excluding carboxylic acids is 1. The molecule has 10 nitrogen and oxygen atoms in total. The van der Waals surface area contributed by atoms with Crippen LogP contribution in [0.2, 0.25) is 0 Å². The van der Waals surface area contributed by atoms with Gasteiger partial charge < -0.3 is 31.5 Å². The summed E-state index contributed by atoms with van der Waals surface area (Å²) in [6.07, 6.45) is 1.11. The van der Waals surface area contributed by atoms with Gasteiger partial charge in [0.25, 0.3) is 0 Å². The number of para-hydroxylation sites is 1. The molecule has 0 radical (unpaired) electrons. The summed E-state index contributed by atoms with van der Waals surface area (Å²) in [4.78, 5) is 18.1. The fourth-order valence-corrected chi connectivity index (χ4v) is 4.59. The quantitative estimate of drug-likeness (QED) is 0.324. The van der Waals surface area contributed by atoms with Crippen LogP contribution in [-0.2, 0) is 0 Å². The minimum atomic E-state index is -0.874. The maximum Gasteiger partial charge on any atom is 0.319 e. The Balaban J connectivity index is 1.25. The van der Waals surface area contributed by atoms with Crippen LogP contribution in [0.4, 0.5) is 16.3 Å². The van der Waals surface area contributed by atoms with Gasteiger partial charge in [-0.15, -0.1) is 0 Å². The summed E-state index contributed by atoms with van der Waals surface area (Å²) in [6.45, 7) is 1.94. The lowest BCUT2D eigenvalue weighted by molar-refractivity contribution is 0.00807. The van der Waals surface area contributed by atoms with Gasteiger partial charge in [-0.2, -0.15) is 5.10 Å². The predicted molar refractivity (Wildman–Crippen MR) is 126 cm³/mol. The molecule has 176 valence electrons. The Labute approximate surface area is 192 Å². The number of nitrogens with two attached hydrogens (primary N) is 1. The summed E-state index contributed by atoms with van der Waals surface area (Å²) < 4.78 is 1.70. The van der Waals surface area contributed by atoms with Gasteiger partial charge in [0, 0.05) is 36.3 Å². The zero-order valence-corrected chi connectivity index (χ0v) is 18.6. The van der Waals surface area contributed by atoms with E-state index in [4.69, 9.17) is 5.73 Å². The van der Waals surface area contributed by atoms with E-state index in [2.05, 4.69) is 25.6 Å². The molecule has 2 heterocycles. The first kappa shape index (κ1) is 23.0. The minimum absolute atomic E-state index is 0.0749. The molecule has 0 saturated heterocycles. The van der Waals surface area contributed by atoms with Crippen LogP contribution in [0.5, 0.6) is 0 Å². The molecule has 6 N–H and O–H groups in total. The summed E-state index contributed by atoms with van der Waals surface area (Å²) >= 11 is 0. The van der Waals surface area contributed by atoms with Crippen LogP contribution < -0.4 is 16.4 Å². The number of hydrogen-bond acceptors (Lipinski definition) is 7. The summed E-state index contributed by atoms with van der Waals surface area (Å²) in [5, 5.41) is 31.3. The Hall–Kier alpha value is -3.21. The second-order valence-corrected chi connectivity index (χ2v) is 8.65. The number of urea groups is 1. The van der Waals surface area contributed by atoms with Crippen LogP contribution in [-0.4, -0.2) is 74.6 Å². The third kappa shape index (κ3) is 5.24. The Morgan fingerprint density at radius 1 is 1.21 bits per heavy atom.